The van der Waals surface area contributed by atoms with Crippen molar-refractivity contribution in [3.05, 3.63) is 29.8 Å². The summed E-state index contributed by atoms with van der Waals surface area (Å²) >= 11 is 0. The summed E-state index contributed by atoms with van der Waals surface area (Å²) in [5, 5.41) is 11.8. The molecule has 0 bridgehead atoms. The number of nitrogens with one attached hydrogen (secondary N) is 1. The molecule has 0 aliphatic heterocycles. The van der Waals surface area contributed by atoms with E-state index >= 15 is 0 Å². The van der Waals surface area contributed by atoms with Gasteiger partial charge in [-0.2, -0.15) is 0 Å². The number of hydrogen-bond acceptors (Lipinski definition) is 4. The molecule has 1 aromatic rings. The highest BCUT2D eigenvalue weighted by Gasteiger charge is 2.11. The van der Waals surface area contributed by atoms with Gasteiger partial charge in [0.05, 0.1) is 12.6 Å². The summed E-state index contributed by atoms with van der Waals surface area (Å²) in [6, 6.07) is 5.81. The van der Waals surface area contributed by atoms with Crippen molar-refractivity contribution in [1.29, 1.82) is 0 Å². The molecule has 0 spiro atoms. The lowest BCUT2D eigenvalue weighted by Crippen LogP contribution is -2.43. The third kappa shape index (κ3) is 3.52. The predicted molar refractivity (Wildman–Crippen MR) is 60.3 cm³/mol. The van der Waals surface area contributed by atoms with Crippen molar-refractivity contribution < 1.29 is 14.6 Å². The molecule has 1 unspecified atom stereocenters. The van der Waals surface area contributed by atoms with Gasteiger partial charge >= 0.3 is 0 Å². The number of carbonyl (C=O) groups is 1. The van der Waals surface area contributed by atoms with Gasteiger partial charge in [0, 0.05) is 19.2 Å². The second-order valence-electron chi connectivity index (χ2n) is 3.41. The number of ether oxygens (including phenoxy) is 1. The summed E-state index contributed by atoms with van der Waals surface area (Å²) in [6.07, 6.45) is 0. The van der Waals surface area contributed by atoms with Gasteiger partial charge in [0.15, 0.2) is 0 Å². The molecule has 1 atom stereocenters. The Balaban J connectivity index is 2.60. The van der Waals surface area contributed by atoms with Crippen molar-refractivity contribution in [3.8, 4) is 5.75 Å². The van der Waals surface area contributed by atoms with E-state index < -0.39 is 0 Å². The Morgan fingerprint density at radius 2 is 2.12 bits per heavy atom. The number of hydrogen-bond donors (Lipinski definition) is 3. The normalized spacial score (nSPS) is 12.1. The summed E-state index contributed by atoms with van der Waals surface area (Å²) in [5.41, 5.74) is 5.95. The lowest BCUT2D eigenvalue weighted by atomic mass is 10.2. The molecular formula is C11H16N2O3. The highest BCUT2D eigenvalue weighted by atomic mass is 16.5. The molecule has 0 saturated heterocycles. The van der Waals surface area contributed by atoms with Crippen LogP contribution in [0.25, 0.3) is 0 Å². The molecular weight excluding hydrogens is 208 g/mol. The van der Waals surface area contributed by atoms with Gasteiger partial charge in [-0.05, 0) is 24.3 Å². The number of rotatable bonds is 5. The maximum atomic E-state index is 11.7. The molecule has 5 nitrogen and oxygen atoms in total. The van der Waals surface area contributed by atoms with Gasteiger partial charge in [0.25, 0.3) is 5.91 Å². The van der Waals surface area contributed by atoms with E-state index in [0.29, 0.717) is 18.7 Å². The van der Waals surface area contributed by atoms with E-state index in [9.17, 15) is 4.79 Å². The number of phenols is 1. The molecule has 1 aromatic carbocycles. The minimum Gasteiger partial charge on any atom is -0.508 e. The first-order valence-corrected chi connectivity index (χ1v) is 4.96. The van der Waals surface area contributed by atoms with E-state index in [2.05, 4.69) is 5.32 Å². The van der Waals surface area contributed by atoms with Crippen molar-refractivity contribution in [2.75, 3.05) is 20.3 Å². The number of benzene rings is 1. The first-order chi connectivity index (χ1) is 7.67. The van der Waals surface area contributed by atoms with Gasteiger partial charge < -0.3 is 20.9 Å². The van der Waals surface area contributed by atoms with Crippen LogP contribution in [0.3, 0.4) is 0 Å². The summed E-state index contributed by atoms with van der Waals surface area (Å²) in [5.74, 6) is -0.101. The maximum absolute atomic E-state index is 11.7. The van der Waals surface area contributed by atoms with Crippen molar-refractivity contribution in [2.45, 2.75) is 6.04 Å². The Kier molecular flexibility index (Phi) is 4.75. The lowest BCUT2D eigenvalue weighted by molar-refractivity contribution is 0.0900. The van der Waals surface area contributed by atoms with Crippen LogP contribution in [0.1, 0.15) is 10.4 Å². The Bertz CT molecular complexity index is 338. The topological polar surface area (TPSA) is 84.6 Å². The number of aromatic hydroxyl groups is 1. The van der Waals surface area contributed by atoms with Gasteiger partial charge in [-0.15, -0.1) is 0 Å². The van der Waals surface area contributed by atoms with Crippen molar-refractivity contribution >= 4 is 5.91 Å². The van der Waals surface area contributed by atoms with Crippen molar-refractivity contribution in [1.82, 2.24) is 5.32 Å². The van der Waals surface area contributed by atoms with Crippen LogP contribution in [0.15, 0.2) is 24.3 Å². The summed E-state index contributed by atoms with van der Waals surface area (Å²) in [6.45, 7) is 0.692. The number of nitrogens with two attached hydrogens (primary N) is 1. The standard InChI is InChI=1S/C11H16N2O3/c1-16-7-9(6-12)13-11(15)8-2-4-10(14)5-3-8/h2-5,9,14H,6-7,12H2,1H3,(H,13,15). The fourth-order valence-electron chi connectivity index (χ4n) is 1.25. The zero-order chi connectivity index (χ0) is 12.0. The van der Waals surface area contributed by atoms with Crippen molar-refractivity contribution in [2.24, 2.45) is 5.73 Å². The smallest absolute Gasteiger partial charge is 0.251 e. The number of carbonyl (C=O) groups excluding carboxylic acids is 1. The minimum absolute atomic E-state index is 0.129. The second-order valence-corrected chi connectivity index (χ2v) is 3.41. The van der Waals surface area contributed by atoms with Crippen LogP contribution in [-0.2, 0) is 4.74 Å². The third-order valence-corrected chi connectivity index (χ3v) is 2.12. The van der Waals surface area contributed by atoms with Gasteiger partial charge in [-0.1, -0.05) is 0 Å². The summed E-state index contributed by atoms with van der Waals surface area (Å²) in [7, 11) is 1.55. The Labute approximate surface area is 94.2 Å². The Morgan fingerprint density at radius 3 is 2.62 bits per heavy atom. The fourth-order valence-corrected chi connectivity index (χ4v) is 1.25. The van der Waals surface area contributed by atoms with Crippen LogP contribution in [0.4, 0.5) is 0 Å². The fraction of sp³-hybridized carbons (Fsp3) is 0.364. The van der Waals surface area contributed by atoms with Crippen LogP contribution < -0.4 is 11.1 Å². The number of methoxy groups -OCH3 is 1. The van der Waals surface area contributed by atoms with Crippen LogP contribution in [0.2, 0.25) is 0 Å². The number of amides is 1. The minimum atomic E-state index is -0.229. The highest BCUT2D eigenvalue weighted by molar-refractivity contribution is 5.94. The molecule has 0 aliphatic rings. The molecule has 16 heavy (non-hydrogen) atoms. The summed E-state index contributed by atoms with van der Waals surface area (Å²) in [4.78, 5) is 11.7. The molecule has 5 heteroatoms. The van der Waals surface area contributed by atoms with Gasteiger partial charge in [0.2, 0.25) is 0 Å². The molecule has 0 fully saturated rings. The monoisotopic (exact) mass is 224 g/mol. The second kappa shape index (κ2) is 6.09. The van der Waals surface area contributed by atoms with E-state index in [1.807, 2.05) is 0 Å². The number of phenolic OH excluding ortho intramolecular Hbond substituents is 1. The largest absolute Gasteiger partial charge is 0.508 e. The molecule has 1 rings (SSSR count). The van der Waals surface area contributed by atoms with E-state index in [1.165, 1.54) is 12.1 Å². The molecule has 0 aromatic heterocycles. The average Bonchev–Trinajstić information content (AvgIpc) is 2.29. The maximum Gasteiger partial charge on any atom is 0.251 e. The Morgan fingerprint density at radius 1 is 1.50 bits per heavy atom. The average molecular weight is 224 g/mol. The van der Waals surface area contributed by atoms with E-state index in [-0.39, 0.29) is 17.7 Å². The first-order valence-electron chi connectivity index (χ1n) is 4.96. The van der Waals surface area contributed by atoms with Crippen LogP contribution in [0.5, 0.6) is 5.75 Å². The van der Waals surface area contributed by atoms with Crippen LogP contribution in [-0.4, -0.2) is 37.3 Å². The molecule has 0 radical (unpaired) electrons. The third-order valence-electron chi connectivity index (χ3n) is 2.12. The van der Waals surface area contributed by atoms with Crippen LogP contribution in [0, 0.1) is 0 Å². The molecule has 88 valence electrons. The highest BCUT2D eigenvalue weighted by Crippen LogP contribution is 2.09. The molecule has 0 saturated carbocycles. The molecule has 4 N–H and O–H groups in total. The SMILES string of the molecule is COCC(CN)NC(=O)c1ccc(O)cc1. The van der Waals surface area contributed by atoms with E-state index in [4.69, 9.17) is 15.6 Å². The Hall–Kier alpha value is -1.59. The molecule has 0 aliphatic carbocycles. The van der Waals surface area contributed by atoms with Gasteiger partial charge in [-0.3, -0.25) is 4.79 Å². The first kappa shape index (κ1) is 12.5. The van der Waals surface area contributed by atoms with E-state index in [0.717, 1.165) is 0 Å². The van der Waals surface area contributed by atoms with Crippen LogP contribution >= 0.6 is 0 Å². The molecule has 0 heterocycles. The summed E-state index contributed by atoms with van der Waals surface area (Å²) < 4.78 is 4.92. The van der Waals surface area contributed by atoms with Gasteiger partial charge in [0.1, 0.15) is 5.75 Å². The molecule has 1 amide bonds. The van der Waals surface area contributed by atoms with Crippen molar-refractivity contribution in [3.63, 3.8) is 0 Å². The van der Waals surface area contributed by atoms with E-state index in [1.54, 1.807) is 19.2 Å². The van der Waals surface area contributed by atoms with Gasteiger partial charge in [-0.25, -0.2) is 0 Å². The lowest BCUT2D eigenvalue weighted by Gasteiger charge is -2.15. The zero-order valence-corrected chi connectivity index (χ0v) is 9.14. The quantitative estimate of drug-likeness (QED) is 0.662. The predicted octanol–water partition coefficient (Wildman–Crippen LogP) is 0.0957. The zero-order valence-electron chi connectivity index (χ0n) is 9.14.